The van der Waals surface area contributed by atoms with Crippen molar-refractivity contribution in [2.75, 3.05) is 5.32 Å². The Balaban J connectivity index is 1.68. The van der Waals surface area contributed by atoms with Gasteiger partial charge in [0.15, 0.2) is 5.84 Å². The van der Waals surface area contributed by atoms with Gasteiger partial charge in [-0.2, -0.15) is 5.10 Å². The van der Waals surface area contributed by atoms with Gasteiger partial charge in [-0.1, -0.05) is 29.8 Å². The largest absolute Gasteiger partial charge is 0.361 e. The van der Waals surface area contributed by atoms with Gasteiger partial charge in [-0.05, 0) is 36.4 Å². The molecule has 2 heterocycles. The minimum atomic E-state index is -0.239. The number of aromatic nitrogens is 1. The fraction of sp³-hybridized carbons (Fsp3) is 0. The Morgan fingerprint density at radius 1 is 1.08 bits per heavy atom. The Morgan fingerprint density at radius 2 is 1.88 bits per heavy atom. The number of amidine groups is 1. The molecule has 0 saturated carbocycles. The summed E-state index contributed by atoms with van der Waals surface area (Å²) >= 11 is 5.89. The van der Waals surface area contributed by atoms with Crippen LogP contribution in [0.2, 0.25) is 5.02 Å². The zero-order valence-corrected chi connectivity index (χ0v) is 13.3. The van der Waals surface area contributed by atoms with Crippen molar-refractivity contribution in [3.05, 3.63) is 70.9 Å². The highest BCUT2D eigenvalue weighted by atomic mass is 35.5. The lowest BCUT2D eigenvalue weighted by molar-refractivity contribution is -0.116. The number of carbonyl (C=O) groups excluding carboxylic acids is 1. The molecule has 0 spiro atoms. The number of amides is 1. The number of hydrogen-bond acceptors (Lipinski definition) is 3. The van der Waals surface area contributed by atoms with E-state index in [1.54, 1.807) is 12.1 Å². The predicted molar refractivity (Wildman–Crippen MR) is 96.9 cm³/mol. The van der Waals surface area contributed by atoms with Crippen LogP contribution in [0.4, 0.5) is 5.69 Å². The molecule has 1 amide bonds. The smallest absolute Gasteiger partial charge is 0.275 e. The van der Waals surface area contributed by atoms with Gasteiger partial charge >= 0.3 is 0 Å². The molecule has 0 radical (unpaired) electrons. The highest BCUT2D eigenvalue weighted by Crippen LogP contribution is 2.22. The predicted octanol–water partition coefficient (Wildman–Crippen LogP) is 3.76. The molecular weight excluding hydrogens is 324 g/mol. The van der Waals surface area contributed by atoms with Crippen molar-refractivity contribution in [1.29, 1.82) is 0 Å². The van der Waals surface area contributed by atoms with Crippen LogP contribution in [-0.2, 0) is 4.79 Å². The summed E-state index contributed by atoms with van der Waals surface area (Å²) in [7, 11) is 0. The minimum absolute atomic E-state index is 0.239. The van der Waals surface area contributed by atoms with Gasteiger partial charge in [0.1, 0.15) is 0 Å². The van der Waals surface area contributed by atoms with Gasteiger partial charge in [-0.15, -0.1) is 0 Å². The number of rotatable bonds is 2. The number of fused-ring (bicyclic) bond motifs is 1. The van der Waals surface area contributed by atoms with E-state index in [4.69, 9.17) is 11.6 Å². The van der Waals surface area contributed by atoms with E-state index in [0.717, 1.165) is 22.2 Å². The van der Waals surface area contributed by atoms with Gasteiger partial charge in [0, 0.05) is 33.4 Å². The Bertz CT molecular complexity index is 986. The molecule has 5 nitrogen and oxygen atoms in total. The summed E-state index contributed by atoms with van der Waals surface area (Å²) in [5, 5.41) is 8.91. The number of hydrogen-bond donors (Lipinski definition) is 3. The molecule has 0 bridgehead atoms. The van der Waals surface area contributed by atoms with Crippen LogP contribution in [0.3, 0.4) is 0 Å². The lowest BCUT2D eigenvalue weighted by atomic mass is 10.1. The van der Waals surface area contributed by atoms with E-state index >= 15 is 0 Å². The average molecular weight is 337 g/mol. The molecule has 118 valence electrons. The molecule has 3 N–H and O–H groups in total. The number of nitrogens with zero attached hydrogens (tertiary/aromatic N) is 1. The van der Waals surface area contributed by atoms with E-state index in [-0.39, 0.29) is 5.91 Å². The van der Waals surface area contributed by atoms with Crippen LogP contribution in [0, 0.1) is 0 Å². The van der Waals surface area contributed by atoms with Gasteiger partial charge in [-0.25, -0.2) is 5.43 Å². The highest BCUT2D eigenvalue weighted by Gasteiger charge is 2.23. The number of benzene rings is 2. The van der Waals surface area contributed by atoms with E-state index in [1.165, 1.54) is 0 Å². The summed E-state index contributed by atoms with van der Waals surface area (Å²) in [5.41, 5.74) is 5.73. The van der Waals surface area contributed by atoms with E-state index < -0.39 is 0 Å². The zero-order valence-electron chi connectivity index (χ0n) is 12.5. The Kier molecular flexibility index (Phi) is 3.55. The van der Waals surface area contributed by atoms with Gasteiger partial charge in [-0.3, -0.25) is 4.79 Å². The first-order chi connectivity index (χ1) is 11.7. The van der Waals surface area contributed by atoms with Crippen LogP contribution >= 0.6 is 11.6 Å². The number of hydrazone groups is 1. The van der Waals surface area contributed by atoms with Gasteiger partial charge in [0.25, 0.3) is 5.91 Å². The maximum atomic E-state index is 12.1. The minimum Gasteiger partial charge on any atom is -0.361 e. The third-order valence-corrected chi connectivity index (χ3v) is 4.05. The first kappa shape index (κ1) is 14.5. The first-order valence-electron chi connectivity index (χ1n) is 7.39. The fourth-order valence-corrected chi connectivity index (χ4v) is 2.73. The van der Waals surface area contributed by atoms with Crippen molar-refractivity contribution in [3.63, 3.8) is 0 Å². The van der Waals surface area contributed by atoms with Crippen LogP contribution in [0.1, 0.15) is 5.56 Å². The molecule has 6 heteroatoms. The second kappa shape index (κ2) is 5.86. The number of aromatic amines is 1. The van der Waals surface area contributed by atoms with Crippen molar-refractivity contribution < 1.29 is 4.79 Å². The number of halogens is 1. The van der Waals surface area contributed by atoms with E-state index in [9.17, 15) is 4.79 Å². The monoisotopic (exact) mass is 336 g/mol. The summed E-state index contributed by atoms with van der Waals surface area (Å²) in [5.74, 6) is 0.240. The Labute approximate surface area is 143 Å². The topological polar surface area (TPSA) is 69.3 Å². The van der Waals surface area contributed by atoms with Crippen LogP contribution in [0.15, 0.2) is 65.4 Å². The van der Waals surface area contributed by atoms with Crippen LogP contribution in [0.5, 0.6) is 0 Å². The molecule has 1 aromatic heterocycles. The SMILES string of the molecule is O=C1NN=C(Nc2ccc(Cl)cc2)/C1=C/c1c[nH]c2ccccc12. The summed E-state index contributed by atoms with van der Waals surface area (Å²) in [4.78, 5) is 15.3. The lowest BCUT2D eigenvalue weighted by Gasteiger charge is -2.06. The fourth-order valence-electron chi connectivity index (χ4n) is 2.60. The summed E-state index contributed by atoms with van der Waals surface area (Å²) in [6.07, 6.45) is 3.70. The van der Waals surface area contributed by atoms with Crippen LogP contribution in [0.25, 0.3) is 17.0 Å². The van der Waals surface area contributed by atoms with Crippen molar-refractivity contribution >= 4 is 46.0 Å². The van der Waals surface area contributed by atoms with E-state index in [1.807, 2.05) is 48.7 Å². The van der Waals surface area contributed by atoms with E-state index in [0.29, 0.717) is 16.4 Å². The zero-order chi connectivity index (χ0) is 16.5. The van der Waals surface area contributed by atoms with E-state index in [2.05, 4.69) is 20.8 Å². The molecule has 1 aliphatic rings. The van der Waals surface area contributed by atoms with Gasteiger partial charge < -0.3 is 10.3 Å². The summed E-state index contributed by atoms with van der Waals surface area (Å²) in [6.45, 7) is 0. The first-order valence-corrected chi connectivity index (χ1v) is 7.77. The van der Waals surface area contributed by atoms with Crippen LogP contribution < -0.4 is 10.7 Å². The maximum Gasteiger partial charge on any atom is 0.275 e. The number of para-hydroxylation sites is 1. The average Bonchev–Trinajstić information content (AvgIpc) is 3.16. The molecular formula is C18H13ClN4O. The molecule has 3 aromatic rings. The lowest BCUT2D eigenvalue weighted by Crippen LogP contribution is -2.17. The molecule has 1 aliphatic heterocycles. The quantitative estimate of drug-likeness (QED) is 0.624. The number of nitrogens with one attached hydrogen (secondary N) is 3. The second-order valence-corrected chi connectivity index (χ2v) is 5.82. The van der Waals surface area contributed by atoms with Crippen molar-refractivity contribution in [2.24, 2.45) is 5.10 Å². The maximum absolute atomic E-state index is 12.1. The standard InChI is InChI=1S/C18H13ClN4O/c19-12-5-7-13(8-6-12)21-17-15(18(24)23-22-17)9-11-10-20-16-4-2-1-3-14(11)16/h1-10,20H,(H,21,22)(H,23,24)/b15-9-. The second-order valence-electron chi connectivity index (χ2n) is 5.38. The molecule has 0 fully saturated rings. The van der Waals surface area contributed by atoms with Crippen molar-refractivity contribution in [1.82, 2.24) is 10.4 Å². The number of H-pyrrole nitrogens is 1. The molecule has 2 aromatic carbocycles. The molecule has 0 unspecified atom stereocenters. The molecule has 0 atom stereocenters. The summed E-state index contributed by atoms with van der Waals surface area (Å²) in [6, 6.07) is 15.1. The normalized spacial score (nSPS) is 15.6. The van der Waals surface area contributed by atoms with Crippen LogP contribution in [-0.4, -0.2) is 16.7 Å². The third-order valence-electron chi connectivity index (χ3n) is 3.80. The van der Waals surface area contributed by atoms with Crippen molar-refractivity contribution in [2.45, 2.75) is 0 Å². The molecule has 0 aliphatic carbocycles. The summed E-state index contributed by atoms with van der Waals surface area (Å²) < 4.78 is 0. The molecule has 24 heavy (non-hydrogen) atoms. The third kappa shape index (κ3) is 2.66. The Morgan fingerprint density at radius 3 is 2.71 bits per heavy atom. The molecule has 4 rings (SSSR count). The number of anilines is 1. The van der Waals surface area contributed by atoms with Gasteiger partial charge in [0.05, 0.1) is 5.57 Å². The Hall–Kier alpha value is -3.05. The van der Waals surface area contributed by atoms with Crippen molar-refractivity contribution in [3.8, 4) is 0 Å². The number of carbonyl (C=O) groups is 1. The highest BCUT2D eigenvalue weighted by molar-refractivity contribution is 6.31. The van der Waals surface area contributed by atoms with Gasteiger partial charge in [0.2, 0.25) is 0 Å². The molecule has 0 saturated heterocycles.